The summed E-state index contributed by atoms with van der Waals surface area (Å²) in [7, 11) is -3.59. The molecule has 10 heteroatoms. The first-order valence-electron chi connectivity index (χ1n) is 7.45. The molecule has 0 saturated carbocycles. The maximum absolute atomic E-state index is 12.2. The van der Waals surface area contributed by atoms with E-state index in [0.717, 1.165) is 11.3 Å². The van der Waals surface area contributed by atoms with Gasteiger partial charge in [-0.05, 0) is 38.1 Å². The Hall–Kier alpha value is -2.23. The van der Waals surface area contributed by atoms with Crippen LogP contribution in [0.4, 0.5) is 0 Å². The van der Waals surface area contributed by atoms with Gasteiger partial charge in [0.05, 0.1) is 28.9 Å². The number of sulfonamides is 1. The summed E-state index contributed by atoms with van der Waals surface area (Å²) in [6, 6.07) is 5.97. The molecule has 0 aliphatic rings. The Morgan fingerprint density at radius 3 is 2.60 bits per heavy atom. The van der Waals surface area contributed by atoms with E-state index in [4.69, 9.17) is 16.1 Å². The summed E-state index contributed by atoms with van der Waals surface area (Å²) in [6.45, 7) is 4.14. The fraction of sp³-hybridized carbons (Fsp3) is 0.267. The van der Waals surface area contributed by atoms with Crippen LogP contribution in [0.1, 0.15) is 11.5 Å². The summed E-state index contributed by atoms with van der Waals surface area (Å²) >= 11 is 5.77. The van der Waals surface area contributed by atoms with Crippen LogP contribution in [0.5, 0.6) is 0 Å². The van der Waals surface area contributed by atoms with Crippen LogP contribution in [0.3, 0.4) is 0 Å². The zero-order valence-corrected chi connectivity index (χ0v) is 15.2. The molecule has 0 fully saturated rings. The highest BCUT2D eigenvalue weighted by molar-refractivity contribution is 7.89. The fourth-order valence-electron chi connectivity index (χ4n) is 2.36. The third-order valence-electron chi connectivity index (χ3n) is 3.59. The Balaban J connectivity index is 1.64. The molecular formula is C15H16ClN5O3S. The predicted octanol–water partition coefficient (Wildman–Crippen LogP) is 2.18. The number of nitrogens with zero attached hydrogens (tertiary/aromatic N) is 4. The van der Waals surface area contributed by atoms with Crippen molar-refractivity contribution in [3.63, 3.8) is 0 Å². The van der Waals surface area contributed by atoms with E-state index in [1.54, 1.807) is 17.8 Å². The number of aryl methyl sites for hydroxylation is 2. The summed E-state index contributed by atoms with van der Waals surface area (Å²) in [6.07, 6.45) is 1.73. The standard InChI is InChI=1S/C15H16ClN5O3S/c1-10-15(11(2)24-19-10)14-9-21(20-18-14)8-7-17-25(22,23)13-5-3-12(16)4-6-13/h3-6,9,17H,7-8H2,1-2H3. The summed E-state index contributed by atoms with van der Waals surface area (Å²) in [5.74, 6) is 0.660. The molecule has 0 bridgehead atoms. The molecule has 8 nitrogen and oxygen atoms in total. The Morgan fingerprint density at radius 2 is 1.96 bits per heavy atom. The van der Waals surface area contributed by atoms with E-state index in [-0.39, 0.29) is 11.4 Å². The summed E-state index contributed by atoms with van der Waals surface area (Å²) in [4.78, 5) is 0.159. The van der Waals surface area contributed by atoms with Crippen molar-refractivity contribution in [1.29, 1.82) is 0 Å². The maximum atomic E-state index is 12.2. The maximum Gasteiger partial charge on any atom is 0.240 e. The van der Waals surface area contributed by atoms with Crippen molar-refractivity contribution < 1.29 is 12.9 Å². The van der Waals surface area contributed by atoms with Gasteiger partial charge < -0.3 is 4.52 Å². The van der Waals surface area contributed by atoms with Gasteiger partial charge in [-0.3, -0.25) is 4.68 Å². The summed E-state index contributed by atoms with van der Waals surface area (Å²) < 4.78 is 33.6. The lowest BCUT2D eigenvalue weighted by atomic mass is 10.1. The monoisotopic (exact) mass is 381 g/mol. The van der Waals surface area contributed by atoms with Gasteiger partial charge in [-0.25, -0.2) is 13.1 Å². The van der Waals surface area contributed by atoms with Crippen molar-refractivity contribution in [2.45, 2.75) is 25.3 Å². The van der Waals surface area contributed by atoms with E-state index in [1.165, 1.54) is 24.3 Å². The molecule has 0 aliphatic carbocycles. The van der Waals surface area contributed by atoms with Crippen molar-refractivity contribution in [2.75, 3.05) is 6.54 Å². The number of nitrogens with one attached hydrogen (secondary N) is 1. The Labute approximate surface area is 149 Å². The zero-order valence-electron chi connectivity index (χ0n) is 13.6. The minimum Gasteiger partial charge on any atom is -0.361 e. The van der Waals surface area contributed by atoms with Crippen LogP contribution in [-0.2, 0) is 16.6 Å². The van der Waals surface area contributed by atoms with Crippen molar-refractivity contribution in [2.24, 2.45) is 0 Å². The Morgan fingerprint density at radius 1 is 1.24 bits per heavy atom. The van der Waals surface area contributed by atoms with Crippen molar-refractivity contribution in [3.05, 3.63) is 46.9 Å². The molecule has 0 unspecified atom stereocenters. The van der Waals surface area contributed by atoms with E-state index >= 15 is 0 Å². The number of halogens is 1. The first-order chi connectivity index (χ1) is 11.9. The molecule has 1 aromatic carbocycles. The number of benzene rings is 1. The molecule has 1 N–H and O–H groups in total. The van der Waals surface area contributed by atoms with Gasteiger partial charge in [0, 0.05) is 11.6 Å². The summed E-state index contributed by atoms with van der Waals surface area (Å²) in [5, 5.41) is 12.5. The molecule has 3 aromatic rings. The lowest BCUT2D eigenvalue weighted by Gasteiger charge is -2.06. The molecule has 0 radical (unpaired) electrons. The van der Waals surface area contributed by atoms with Gasteiger partial charge in [-0.1, -0.05) is 22.0 Å². The smallest absolute Gasteiger partial charge is 0.240 e. The van der Waals surface area contributed by atoms with Crippen molar-refractivity contribution >= 4 is 21.6 Å². The Kier molecular flexibility index (Phi) is 4.89. The second-order valence-corrected chi connectivity index (χ2v) is 7.62. The minimum atomic E-state index is -3.59. The van der Waals surface area contributed by atoms with Crippen LogP contribution in [0.15, 0.2) is 39.9 Å². The van der Waals surface area contributed by atoms with Gasteiger partial charge in [-0.15, -0.1) is 5.10 Å². The van der Waals surface area contributed by atoms with Gasteiger partial charge in [0.2, 0.25) is 10.0 Å². The molecule has 0 atom stereocenters. The van der Waals surface area contributed by atoms with Crippen molar-refractivity contribution in [1.82, 2.24) is 24.9 Å². The molecule has 0 amide bonds. The van der Waals surface area contributed by atoms with Crippen molar-refractivity contribution in [3.8, 4) is 11.3 Å². The van der Waals surface area contributed by atoms with E-state index < -0.39 is 10.0 Å². The minimum absolute atomic E-state index is 0.159. The molecule has 3 rings (SSSR count). The molecule has 0 aliphatic heterocycles. The number of hydrogen-bond donors (Lipinski definition) is 1. The number of hydrogen-bond acceptors (Lipinski definition) is 6. The second-order valence-electron chi connectivity index (χ2n) is 5.42. The number of aromatic nitrogens is 4. The molecule has 25 heavy (non-hydrogen) atoms. The molecule has 132 valence electrons. The second kappa shape index (κ2) is 6.95. The van der Waals surface area contributed by atoms with E-state index in [1.807, 2.05) is 6.92 Å². The average Bonchev–Trinajstić information content (AvgIpc) is 3.14. The predicted molar refractivity (Wildman–Crippen MR) is 91.6 cm³/mol. The van der Waals surface area contributed by atoms with Gasteiger partial charge in [0.1, 0.15) is 11.5 Å². The van der Waals surface area contributed by atoms with Gasteiger partial charge >= 0.3 is 0 Å². The normalized spacial score (nSPS) is 11.8. The van der Waals surface area contributed by atoms with Crippen LogP contribution >= 0.6 is 11.6 Å². The molecule has 0 saturated heterocycles. The largest absolute Gasteiger partial charge is 0.361 e. The Bertz CT molecular complexity index is 960. The van der Waals surface area contributed by atoms with Gasteiger partial charge in [0.15, 0.2) is 0 Å². The van der Waals surface area contributed by atoms with Crippen LogP contribution in [0.25, 0.3) is 11.3 Å². The summed E-state index contributed by atoms with van der Waals surface area (Å²) in [5.41, 5.74) is 2.16. The zero-order chi connectivity index (χ0) is 18.0. The SMILES string of the molecule is Cc1noc(C)c1-c1cn(CCNS(=O)(=O)c2ccc(Cl)cc2)nn1. The number of rotatable bonds is 6. The molecule has 0 spiro atoms. The van der Waals surface area contributed by atoms with E-state index in [9.17, 15) is 8.42 Å². The van der Waals surface area contributed by atoms with Gasteiger partial charge in [-0.2, -0.15) is 0 Å². The van der Waals surface area contributed by atoms with Crippen LogP contribution in [-0.4, -0.2) is 35.1 Å². The molecule has 2 aromatic heterocycles. The van der Waals surface area contributed by atoms with E-state index in [0.29, 0.717) is 23.0 Å². The van der Waals surface area contributed by atoms with Crippen LogP contribution < -0.4 is 4.72 Å². The highest BCUT2D eigenvalue weighted by atomic mass is 35.5. The lowest BCUT2D eigenvalue weighted by molar-refractivity contribution is 0.393. The van der Waals surface area contributed by atoms with Crippen LogP contribution in [0.2, 0.25) is 5.02 Å². The average molecular weight is 382 g/mol. The highest BCUT2D eigenvalue weighted by Crippen LogP contribution is 2.24. The third-order valence-corrected chi connectivity index (χ3v) is 5.31. The fourth-order valence-corrected chi connectivity index (χ4v) is 3.51. The topological polar surface area (TPSA) is 103 Å². The lowest BCUT2D eigenvalue weighted by Crippen LogP contribution is -2.27. The highest BCUT2D eigenvalue weighted by Gasteiger charge is 2.16. The van der Waals surface area contributed by atoms with Crippen LogP contribution in [0, 0.1) is 13.8 Å². The first kappa shape index (κ1) is 17.6. The van der Waals surface area contributed by atoms with E-state index in [2.05, 4.69) is 20.2 Å². The van der Waals surface area contributed by atoms with Gasteiger partial charge in [0.25, 0.3) is 0 Å². The third kappa shape index (κ3) is 3.89. The molecule has 2 heterocycles. The first-order valence-corrected chi connectivity index (χ1v) is 9.31. The molecular weight excluding hydrogens is 366 g/mol. The quantitative estimate of drug-likeness (QED) is 0.702.